The van der Waals surface area contributed by atoms with E-state index < -0.39 is 6.09 Å². The van der Waals surface area contributed by atoms with Gasteiger partial charge in [0.15, 0.2) is 0 Å². The molecule has 1 aromatic heterocycles. The van der Waals surface area contributed by atoms with Gasteiger partial charge in [0, 0.05) is 50.7 Å². The molecule has 172 valence electrons. The van der Waals surface area contributed by atoms with Gasteiger partial charge in [-0.1, -0.05) is 24.3 Å². The minimum Gasteiger partial charge on any atom is -0.465 e. The molecule has 1 fully saturated rings. The molecule has 1 saturated heterocycles. The van der Waals surface area contributed by atoms with Crippen LogP contribution < -0.4 is 4.90 Å². The lowest BCUT2D eigenvalue weighted by molar-refractivity contribution is 0.119. The van der Waals surface area contributed by atoms with E-state index in [9.17, 15) is 15.2 Å². The number of anilines is 1. The van der Waals surface area contributed by atoms with E-state index in [4.69, 9.17) is 11.6 Å². The Morgan fingerprint density at radius 1 is 1.18 bits per heavy atom. The van der Waals surface area contributed by atoms with Crippen LogP contribution in [-0.2, 0) is 25.8 Å². The Balaban J connectivity index is 1.36. The maximum Gasteiger partial charge on any atom is 0.407 e. The van der Waals surface area contributed by atoms with Gasteiger partial charge in [-0.15, -0.1) is 0 Å². The number of fused-ring (bicyclic) bond motifs is 2. The highest BCUT2D eigenvalue weighted by Crippen LogP contribution is 2.34. The molecule has 1 N–H and O–H groups in total. The molecule has 1 unspecified atom stereocenters. The maximum absolute atomic E-state index is 11.6. The Labute approximate surface area is 198 Å². The fourth-order valence-corrected chi connectivity index (χ4v) is 5.71. The molecule has 1 aliphatic carbocycles. The zero-order valence-electron chi connectivity index (χ0n) is 18.5. The molecule has 2 aromatic rings. The number of nitriles is 1. The van der Waals surface area contributed by atoms with Gasteiger partial charge in [-0.05, 0) is 42.0 Å². The van der Waals surface area contributed by atoms with E-state index in [1.54, 1.807) is 0 Å². The summed E-state index contributed by atoms with van der Waals surface area (Å²) in [5.74, 6) is 0.806. The summed E-state index contributed by atoms with van der Waals surface area (Å²) in [5, 5.41) is 18.9. The van der Waals surface area contributed by atoms with Crippen LogP contribution in [-0.4, -0.2) is 69.2 Å². The van der Waals surface area contributed by atoms with Crippen LogP contribution in [0, 0.1) is 11.3 Å². The average Bonchev–Trinajstić information content (AvgIpc) is 2.82. The second kappa shape index (κ2) is 9.16. The lowest BCUT2D eigenvalue weighted by Crippen LogP contribution is -2.55. The van der Waals surface area contributed by atoms with Crippen molar-refractivity contribution in [2.24, 2.45) is 0 Å². The van der Waals surface area contributed by atoms with Gasteiger partial charge in [0.2, 0.25) is 5.28 Å². The van der Waals surface area contributed by atoms with E-state index in [-0.39, 0.29) is 17.7 Å². The molecule has 33 heavy (non-hydrogen) atoms. The van der Waals surface area contributed by atoms with Crippen LogP contribution >= 0.6 is 11.6 Å². The molecule has 0 radical (unpaired) electrons. The highest BCUT2D eigenvalue weighted by molar-refractivity contribution is 6.28. The van der Waals surface area contributed by atoms with Crippen LogP contribution in [0.4, 0.5) is 10.6 Å². The third kappa shape index (κ3) is 4.35. The van der Waals surface area contributed by atoms with Gasteiger partial charge in [0.1, 0.15) is 5.82 Å². The molecular weight excluding hydrogens is 440 g/mol. The van der Waals surface area contributed by atoms with Crippen LogP contribution in [0.25, 0.3) is 0 Å². The minimum atomic E-state index is -0.983. The topological polar surface area (TPSA) is 96.6 Å². The number of amides is 1. The first-order chi connectivity index (χ1) is 16.0. The van der Waals surface area contributed by atoms with Crippen LogP contribution in [0.15, 0.2) is 24.3 Å². The van der Waals surface area contributed by atoms with E-state index in [0.717, 1.165) is 55.8 Å². The van der Waals surface area contributed by atoms with Crippen molar-refractivity contribution >= 4 is 23.5 Å². The predicted octanol–water partition coefficient (Wildman–Crippen LogP) is 3.13. The lowest BCUT2D eigenvalue weighted by Gasteiger charge is -2.42. The van der Waals surface area contributed by atoms with Crippen LogP contribution in [0.5, 0.6) is 0 Å². The summed E-state index contributed by atoms with van der Waals surface area (Å²) in [6, 6.07) is 10.8. The molecule has 2 aliphatic heterocycles. The highest BCUT2D eigenvalue weighted by atomic mass is 35.5. The quantitative estimate of drug-likeness (QED) is 0.694. The predicted molar refractivity (Wildman–Crippen MR) is 124 cm³/mol. The second-order valence-electron chi connectivity index (χ2n) is 9.07. The number of piperazine rings is 1. The molecular formula is C24H27ClN6O2. The van der Waals surface area contributed by atoms with Crippen LogP contribution in [0.2, 0.25) is 5.28 Å². The maximum atomic E-state index is 11.6. The number of rotatable bonds is 3. The van der Waals surface area contributed by atoms with Gasteiger partial charge in [0.05, 0.1) is 24.2 Å². The van der Waals surface area contributed by atoms with E-state index in [1.165, 1.54) is 16.0 Å². The molecule has 1 amide bonds. The fourth-order valence-electron chi connectivity index (χ4n) is 5.53. The Kier molecular flexibility index (Phi) is 6.09. The molecule has 9 heteroatoms. The van der Waals surface area contributed by atoms with Crippen LogP contribution in [0.1, 0.15) is 35.2 Å². The van der Waals surface area contributed by atoms with Crippen molar-refractivity contribution in [3.8, 4) is 6.07 Å². The first-order valence-corrected chi connectivity index (χ1v) is 11.9. The number of halogens is 1. The van der Waals surface area contributed by atoms with Gasteiger partial charge in [0.25, 0.3) is 0 Å². The number of benzene rings is 1. The molecule has 3 heterocycles. The van der Waals surface area contributed by atoms with Gasteiger partial charge in [-0.25, -0.2) is 14.8 Å². The van der Waals surface area contributed by atoms with Crippen molar-refractivity contribution in [3.05, 3.63) is 51.9 Å². The Morgan fingerprint density at radius 3 is 2.79 bits per heavy atom. The largest absolute Gasteiger partial charge is 0.465 e. The molecule has 0 saturated carbocycles. The van der Waals surface area contributed by atoms with Crippen molar-refractivity contribution in [1.82, 2.24) is 19.8 Å². The molecule has 2 atom stereocenters. The first-order valence-electron chi connectivity index (χ1n) is 11.5. The number of carbonyl (C=O) groups is 1. The van der Waals surface area contributed by atoms with Gasteiger partial charge in [-0.2, -0.15) is 5.26 Å². The van der Waals surface area contributed by atoms with Crippen molar-refractivity contribution in [1.29, 1.82) is 5.26 Å². The number of aromatic nitrogens is 2. The monoisotopic (exact) mass is 466 g/mol. The minimum absolute atomic E-state index is 0.155. The number of hydrogen-bond acceptors (Lipinski definition) is 6. The third-order valence-corrected chi connectivity index (χ3v) is 7.40. The lowest BCUT2D eigenvalue weighted by atomic mass is 9.88. The molecule has 1 aromatic carbocycles. The molecule has 5 rings (SSSR count). The van der Waals surface area contributed by atoms with E-state index in [0.29, 0.717) is 25.7 Å². The molecule has 0 spiro atoms. The van der Waals surface area contributed by atoms with E-state index in [2.05, 4.69) is 50.1 Å². The first kappa shape index (κ1) is 21.9. The molecule has 3 aliphatic rings. The third-order valence-electron chi connectivity index (χ3n) is 7.23. The van der Waals surface area contributed by atoms with E-state index in [1.807, 2.05) is 0 Å². The summed E-state index contributed by atoms with van der Waals surface area (Å²) >= 11 is 6.36. The highest BCUT2D eigenvalue weighted by Gasteiger charge is 2.35. The summed E-state index contributed by atoms with van der Waals surface area (Å²) in [4.78, 5) is 26.8. The standard InChI is InChI=1S/C24H27ClN6O2/c25-23-27-21-13-18(29-10-8-16-3-1-2-4-17(16)14-29)5-6-20(21)22(28-23)30-11-12-31(24(32)33)19(15-30)7-9-26/h1-4,18-19H,5-8,10-15H2,(H,32,33)/t18?,19-/m0/s1. The Hall–Kier alpha value is -2.89. The zero-order valence-corrected chi connectivity index (χ0v) is 19.2. The van der Waals surface area contributed by atoms with Crippen molar-refractivity contribution in [2.75, 3.05) is 31.1 Å². The summed E-state index contributed by atoms with van der Waals surface area (Å²) < 4.78 is 0. The SMILES string of the molecule is N#CC[C@H]1CN(c2nc(Cl)nc3c2CCC(N2CCc4ccccc4C2)C3)CCN1C(=O)O. The fraction of sp³-hybridized carbons (Fsp3) is 0.500. The van der Waals surface area contributed by atoms with E-state index >= 15 is 0 Å². The van der Waals surface area contributed by atoms with Crippen molar-refractivity contribution in [3.63, 3.8) is 0 Å². The number of nitrogens with zero attached hydrogens (tertiary/aromatic N) is 6. The van der Waals surface area contributed by atoms with Crippen molar-refractivity contribution < 1.29 is 9.90 Å². The Bertz CT molecular complexity index is 1100. The number of hydrogen-bond donors (Lipinski definition) is 1. The summed E-state index contributed by atoms with van der Waals surface area (Å²) in [6.07, 6.45) is 2.98. The molecule has 0 bridgehead atoms. The normalized spacial score (nSPS) is 22.9. The smallest absolute Gasteiger partial charge is 0.407 e. The summed E-state index contributed by atoms with van der Waals surface area (Å²) in [6.45, 7) is 3.32. The second-order valence-corrected chi connectivity index (χ2v) is 9.40. The van der Waals surface area contributed by atoms with Gasteiger partial charge < -0.3 is 14.9 Å². The number of carboxylic acid groups (broad SMARTS) is 1. The summed E-state index contributed by atoms with van der Waals surface area (Å²) in [7, 11) is 0. The van der Waals surface area contributed by atoms with Gasteiger partial charge in [-0.3, -0.25) is 4.90 Å². The van der Waals surface area contributed by atoms with Gasteiger partial charge >= 0.3 is 6.09 Å². The van der Waals surface area contributed by atoms with Crippen molar-refractivity contribution in [2.45, 2.75) is 50.7 Å². The molecule has 8 nitrogen and oxygen atoms in total. The summed E-state index contributed by atoms with van der Waals surface area (Å²) in [5.41, 5.74) is 4.98. The zero-order chi connectivity index (χ0) is 22.9. The average molecular weight is 467 g/mol. The Morgan fingerprint density at radius 2 is 2.00 bits per heavy atom. The van der Waals surface area contributed by atoms with Crippen LogP contribution in [0.3, 0.4) is 0 Å².